The molecule has 1 saturated heterocycles. The predicted molar refractivity (Wildman–Crippen MR) is 139 cm³/mol. The van der Waals surface area contributed by atoms with E-state index < -0.39 is 0 Å². The van der Waals surface area contributed by atoms with Crippen molar-refractivity contribution < 1.29 is 9.59 Å². The summed E-state index contributed by atoms with van der Waals surface area (Å²) >= 11 is 0. The molecule has 3 aromatic rings. The fourth-order valence-electron chi connectivity index (χ4n) is 6.27. The Morgan fingerprint density at radius 1 is 1.11 bits per heavy atom. The van der Waals surface area contributed by atoms with E-state index >= 15 is 0 Å². The van der Waals surface area contributed by atoms with Gasteiger partial charge in [-0.3, -0.25) is 14.6 Å². The molecule has 7 rings (SSSR count). The molecule has 4 aliphatic rings. The third kappa shape index (κ3) is 3.16. The summed E-state index contributed by atoms with van der Waals surface area (Å²) in [4.78, 5) is 37.1. The maximum Gasteiger partial charge on any atom is 0.253 e. The lowest BCUT2D eigenvalue weighted by atomic mass is 9.86. The number of benzene rings is 1. The number of amides is 2. The van der Waals surface area contributed by atoms with Gasteiger partial charge in [-0.2, -0.15) is 0 Å². The van der Waals surface area contributed by atoms with E-state index in [1.807, 2.05) is 17.2 Å². The first-order valence-corrected chi connectivity index (χ1v) is 12.9. The second-order valence-electron chi connectivity index (χ2n) is 10.7. The second kappa shape index (κ2) is 7.59. The van der Waals surface area contributed by atoms with Crippen LogP contribution in [0.3, 0.4) is 0 Å². The minimum absolute atomic E-state index is 0.0604. The van der Waals surface area contributed by atoms with Gasteiger partial charge in [0.1, 0.15) is 0 Å². The van der Waals surface area contributed by atoms with Crippen LogP contribution in [0.4, 0.5) is 11.4 Å². The van der Waals surface area contributed by atoms with Crippen molar-refractivity contribution in [2.45, 2.75) is 38.0 Å². The third-order valence-corrected chi connectivity index (χ3v) is 8.59. The van der Waals surface area contributed by atoms with Gasteiger partial charge in [-0.25, -0.2) is 0 Å². The Kier molecular flexibility index (Phi) is 4.53. The molecule has 0 radical (unpaired) electrons. The fourth-order valence-corrected chi connectivity index (χ4v) is 6.27. The van der Waals surface area contributed by atoms with Gasteiger partial charge in [0.2, 0.25) is 5.91 Å². The van der Waals surface area contributed by atoms with Crippen LogP contribution in [0.15, 0.2) is 30.5 Å². The summed E-state index contributed by atoms with van der Waals surface area (Å²) in [5.41, 5.74) is 16.8. The molecule has 0 bridgehead atoms. The molecule has 1 saturated carbocycles. The average Bonchev–Trinajstić information content (AvgIpc) is 3.55. The molecular weight excluding hydrogens is 452 g/mol. The van der Waals surface area contributed by atoms with Crippen molar-refractivity contribution in [1.29, 1.82) is 0 Å². The normalized spacial score (nSPS) is 19.4. The van der Waals surface area contributed by atoms with Crippen LogP contribution in [-0.4, -0.2) is 59.4 Å². The lowest BCUT2D eigenvalue weighted by Gasteiger charge is -2.36. The minimum atomic E-state index is 0.0604. The number of H-pyrrole nitrogens is 1. The molecule has 4 N–H and O–H groups in total. The number of hydrogen-bond donors (Lipinski definition) is 3. The van der Waals surface area contributed by atoms with E-state index in [-0.39, 0.29) is 17.2 Å². The summed E-state index contributed by atoms with van der Waals surface area (Å²) in [6.45, 7) is 5.33. The molecule has 2 aliphatic carbocycles. The van der Waals surface area contributed by atoms with E-state index in [4.69, 9.17) is 10.7 Å². The lowest BCUT2D eigenvalue weighted by Crippen LogP contribution is -2.48. The highest BCUT2D eigenvalue weighted by Gasteiger charge is 2.51. The van der Waals surface area contributed by atoms with E-state index in [1.165, 1.54) is 5.56 Å². The minimum Gasteiger partial charge on any atom is -0.397 e. The van der Waals surface area contributed by atoms with Crippen LogP contribution >= 0.6 is 0 Å². The van der Waals surface area contributed by atoms with Gasteiger partial charge in [0, 0.05) is 68.1 Å². The fraction of sp³-hybridized carbons (Fsp3) is 0.393. The van der Waals surface area contributed by atoms with E-state index in [0.29, 0.717) is 18.8 Å². The van der Waals surface area contributed by atoms with Crippen LogP contribution in [0.2, 0.25) is 0 Å². The number of carbonyl (C=O) groups is 2. The first-order valence-electron chi connectivity index (χ1n) is 12.9. The second-order valence-corrected chi connectivity index (χ2v) is 10.7. The zero-order valence-electron chi connectivity index (χ0n) is 20.5. The van der Waals surface area contributed by atoms with Gasteiger partial charge in [0.25, 0.3) is 5.91 Å². The van der Waals surface area contributed by atoms with Crippen molar-refractivity contribution in [2.75, 3.05) is 43.4 Å². The van der Waals surface area contributed by atoms with Gasteiger partial charge >= 0.3 is 0 Å². The first kappa shape index (κ1) is 21.5. The number of pyridine rings is 1. The maximum atomic E-state index is 12.8. The molecule has 2 fully saturated rings. The standard InChI is InChI=1S/C28H30N6O2/c1-16(35)33-8-10-34(11-9-33)23-5-3-17(12-21(23)29)22-13-20-18(14-30-22)2-4-19-24-26(32-25(19)20)28(6-7-28)15-31-27(24)36/h3,5,12-14,32H,2,4,6-11,15,29H2,1H3,(H,31,36). The van der Waals surface area contributed by atoms with Crippen LogP contribution < -0.4 is 16.0 Å². The van der Waals surface area contributed by atoms with Crippen LogP contribution in [-0.2, 0) is 23.1 Å². The molecule has 1 aromatic carbocycles. The number of piperazine rings is 1. The van der Waals surface area contributed by atoms with Gasteiger partial charge in [0.15, 0.2) is 0 Å². The van der Waals surface area contributed by atoms with Crippen molar-refractivity contribution in [3.8, 4) is 22.5 Å². The van der Waals surface area contributed by atoms with Crippen molar-refractivity contribution in [3.05, 3.63) is 52.8 Å². The van der Waals surface area contributed by atoms with E-state index in [0.717, 1.165) is 90.3 Å². The Balaban J connectivity index is 1.22. The highest BCUT2D eigenvalue weighted by atomic mass is 16.2. The van der Waals surface area contributed by atoms with Gasteiger partial charge in [0.05, 0.1) is 28.3 Å². The molecule has 0 atom stereocenters. The summed E-state index contributed by atoms with van der Waals surface area (Å²) in [6, 6.07) is 8.29. The summed E-state index contributed by atoms with van der Waals surface area (Å²) < 4.78 is 0. The van der Waals surface area contributed by atoms with E-state index in [2.05, 4.69) is 33.4 Å². The molecule has 36 heavy (non-hydrogen) atoms. The topological polar surface area (TPSA) is 107 Å². The SMILES string of the molecule is CC(=O)N1CCN(c2ccc(-c3cc4c(cn3)CCc3c-4[nH]c4c3C(=O)NCC43CC3)cc2N)CC1. The first-order chi connectivity index (χ1) is 17.4. The smallest absolute Gasteiger partial charge is 0.253 e. The van der Waals surface area contributed by atoms with E-state index in [1.54, 1.807) is 6.92 Å². The van der Waals surface area contributed by atoms with Gasteiger partial charge < -0.3 is 25.8 Å². The number of anilines is 2. The summed E-state index contributed by atoms with van der Waals surface area (Å²) in [6.07, 6.45) is 5.98. The number of nitrogen functional groups attached to an aromatic ring is 1. The molecule has 2 aliphatic heterocycles. The number of aromatic amines is 1. The van der Waals surface area contributed by atoms with Crippen molar-refractivity contribution >= 4 is 23.2 Å². The largest absolute Gasteiger partial charge is 0.397 e. The molecule has 4 heterocycles. The molecule has 8 nitrogen and oxygen atoms in total. The molecule has 0 unspecified atom stereocenters. The van der Waals surface area contributed by atoms with E-state index in [9.17, 15) is 9.59 Å². The lowest BCUT2D eigenvalue weighted by molar-refractivity contribution is -0.129. The monoisotopic (exact) mass is 482 g/mol. The average molecular weight is 483 g/mol. The molecule has 1 spiro atoms. The Morgan fingerprint density at radius 3 is 2.64 bits per heavy atom. The third-order valence-electron chi connectivity index (χ3n) is 8.59. The summed E-state index contributed by atoms with van der Waals surface area (Å²) in [5, 5.41) is 3.13. The Hall–Kier alpha value is -3.81. The van der Waals surface area contributed by atoms with Gasteiger partial charge in [-0.15, -0.1) is 0 Å². The van der Waals surface area contributed by atoms with Crippen LogP contribution in [0, 0.1) is 0 Å². The Morgan fingerprint density at radius 2 is 1.92 bits per heavy atom. The number of fused-ring (bicyclic) bond motifs is 6. The predicted octanol–water partition coefficient (Wildman–Crippen LogP) is 2.87. The zero-order chi connectivity index (χ0) is 24.6. The molecule has 2 amide bonds. The molecule has 184 valence electrons. The number of nitrogens with two attached hydrogens (primary N) is 1. The van der Waals surface area contributed by atoms with Crippen LogP contribution in [0.25, 0.3) is 22.5 Å². The molecule has 2 aromatic heterocycles. The van der Waals surface area contributed by atoms with Gasteiger partial charge in [-0.05, 0) is 55.0 Å². The van der Waals surface area contributed by atoms with Crippen molar-refractivity contribution in [1.82, 2.24) is 20.2 Å². The number of carbonyl (C=O) groups excluding carboxylic acids is 2. The van der Waals surface area contributed by atoms with Gasteiger partial charge in [-0.1, -0.05) is 6.07 Å². The Labute approximate surface area is 209 Å². The quantitative estimate of drug-likeness (QED) is 0.487. The number of nitrogens with zero attached hydrogens (tertiary/aromatic N) is 3. The number of aryl methyl sites for hydroxylation is 1. The highest BCUT2D eigenvalue weighted by molar-refractivity contribution is 6.01. The number of hydrogen-bond acceptors (Lipinski definition) is 5. The molecular formula is C28H30N6O2. The Bertz CT molecular complexity index is 1430. The highest BCUT2D eigenvalue weighted by Crippen LogP contribution is 2.52. The number of aromatic nitrogens is 2. The summed E-state index contributed by atoms with van der Waals surface area (Å²) in [7, 11) is 0. The maximum absolute atomic E-state index is 12.8. The number of nitrogens with one attached hydrogen (secondary N) is 2. The molecule has 8 heteroatoms. The van der Waals surface area contributed by atoms with Crippen LogP contribution in [0.5, 0.6) is 0 Å². The van der Waals surface area contributed by atoms with Crippen molar-refractivity contribution in [2.24, 2.45) is 0 Å². The van der Waals surface area contributed by atoms with Crippen LogP contribution in [0.1, 0.15) is 46.9 Å². The van der Waals surface area contributed by atoms with Crippen molar-refractivity contribution in [3.63, 3.8) is 0 Å². The number of rotatable bonds is 2. The summed E-state index contributed by atoms with van der Waals surface area (Å²) in [5.74, 6) is 0.181. The zero-order valence-corrected chi connectivity index (χ0v) is 20.5.